The van der Waals surface area contributed by atoms with Crippen molar-refractivity contribution >= 4 is 9.04 Å². The van der Waals surface area contributed by atoms with Gasteiger partial charge in [-0.2, -0.15) is 0 Å². The molecule has 1 nitrogen and oxygen atoms in total. The van der Waals surface area contributed by atoms with E-state index in [0.29, 0.717) is 6.10 Å². The topological polar surface area (TPSA) is 9.23 Å². The van der Waals surface area contributed by atoms with Crippen molar-refractivity contribution in [1.29, 1.82) is 0 Å². The van der Waals surface area contributed by atoms with E-state index in [1.165, 1.54) is 12.8 Å². The Bertz CT molecular complexity index is 63.9. The molecule has 0 aliphatic heterocycles. The molecule has 0 fully saturated rings. The molecule has 0 bridgehead atoms. The van der Waals surface area contributed by atoms with Crippen molar-refractivity contribution in [3.63, 3.8) is 0 Å². The quantitative estimate of drug-likeness (QED) is 0.552. The van der Waals surface area contributed by atoms with E-state index in [1.54, 1.807) is 0 Å². The standard InChI is InChI=1S/C7H18OSi/c1-5-6-7(2)8-9(3)4/h7,9H,5-6H2,1-4H3. The third kappa shape index (κ3) is 6.06. The maximum atomic E-state index is 5.63. The lowest BCUT2D eigenvalue weighted by molar-refractivity contribution is 0.213. The lowest BCUT2D eigenvalue weighted by Gasteiger charge is -2.13. The molecule has 0 aromatic heterocycles. The highest BCUT2D eigenvalue weighted by Gasteiger charge is 2.02. The molecule has 0 amide bonds. The molecule has 0 rings (SSSR count). The smallest absolute Gasteiger partial charge is 0.171 e. The molecule has 0 aromatic rings. The molecule has 9 heavy (non-hydrogen) atoms. The fraction of sp³-hybridized carbons (Fsp3) is 1.00. The Labute approximate surface area is 60.1 Å². The van der Waals surface area contributed by atoms with Gasteiger partial charge in [0.25, 0.3) is 0 Å². The van der Waals surface area contributed by atoms with E-state index in [1.807, 2.05) is 0 Å². The van der Waals surface area contributed by atoms with Gasteiger partial charge < -0.3 is 4.43 Å². The van der Waals surface area contributed by atoms with Gasteiger partial charge in [-0.25, -0.2) is 0 Å². The highest BCUT2D eigenvalue weighted by atomic mass is 28.3. The van der Waals surface area contributed by atoms with Gasteiger partial charge in [-0.15, -0.1) is 0 Å². The molecule has 0 saturated carbocycles. The van der Waals surface area contributed by atoms with Gasteiger partial charge in [-0.05, 0) is 26.4 Å². The Morgan fingerprint density at radius 1 is 1.44 bits per heavy atom. The first-order valence-electron chi connectivity index (χ1n) is 3.82. The summed E-state index contributed by atoms with van der Waals surface area (Å²) in [6.07, 6.45) is 2.95. The highest BCUT2D eigenvalue weighted by Crippen LogP contribution is 2.01. The second kappa shape index (κ2) is 5.00. The van der Waals surface area contributed by atoms with Crippen LogP contribution in [-0.4, -0.2) is 15.1 Å². The van der Waals surface area contributed by atoms with Crippen molar-refractivity contribution in [2.45, 2.75) is 45.9 Å². The van der Waals surface area contributed by atoms with Gasteiger partial charge in [0, 0.05) is 6.10 Å². The van der Waals surface area contributed by atoms with Crippen LogP contribution >= 0.6 is 0 Å². The fourth-order valence-electron chi connectivity index (χ4n) is 0.939. The number of hydrogen-bond donors (Lipinski definition) is 0. The highest BCUT2D eigenvalue weighted by molar-refractivity contribution is 6.48. The summed E-state index contributed by atoms with van der Waals surface area (Å²) in [5.74, 6) is 0. The van der Waals surface area contributed by atoms with Gasteiger partial charge in [-0.1, -0.05) is 13.3 Å². The van der Waals surface area contributed by atoms with Crippen molar-refractivity contribution in [1.82, 2.24) is 0 Å². The maximum Gasteiger partial charge on any atom is 0.171 e. The fourth-order valence-corrected chi connectivity index (χ4v) is 2.00. The summed E-state index contributed by atoms with van der Waals surface area (Å²) in [5, 5.41) is 0. The van der Waals surface area contributed by atoms with E-state index < -0.39 is 9.04 Å². The van der Waals surface area contributed by atoms with Crippen molar-refractivity contribution < 1.29 is 4.43 Å². The monoisotopic (exact) mass is 146 g/mol. The zero-order valence-electron chi connectivity index (χ0n) is 6.98. The molecule has 0 spiro atoms. The molecular weight excluding hydrogens is 128 g/mol. The maximum absolute atomic E-state index is 5.63. The van der Waals surface area contributed by atoms with Crippen LogP contribution in [0.1, 0.15) is 26.7 Å². The van der Waals surface area contributed by atoms with Crippen molar-refractivity contribution in [2.75, 3.05) is 0 Å². The molecule has 0 heterocycles. The first-order valence-corrected chi connectivity index (χ1v) is 6.60. The van der Waals surface area contributed by atoms with E-state index in [0.717, 1.165) is 0 Å². The second-order valence-corrected chi connectivity index (χ2v) is 5.15. The minimum Gasteiger partial charge on any atom is -0.418 e. The van der Waals surface area contributed by atoms with E-state index in [4.69, 9.17) is 4.43 Å². The molecule has 0 N–H and O–H groups in total. The zero-order valence-corrected chi connectivity index (χ0v) is 8.13. The number of rotatable bonds is 4. The van der Waals surface area contributed by atoms with Gasteiger partial charge in [0.05, 0.1) is 0 Å². The summed E-state index contributed by atoms with van der Waals surface area (Å²) in [6.45, 7) is 8.79. The minimum absolute atomic E-state index is 0.502. The van der Waals surface area contributed by atoms with E-state index >= 15 is 0 Å². The van der Waals surface area contributed by atoms with Crippen LogP contribution in [0, 0.1) is 0 Å². The Balaban J connectivity index is 3.15. The molecule has 56 valence electrons. The first-order chi connectivity index (χ1) is 4.16. The van der Waals surface area contributed by atoms with E-state index in [9.17, 15) is 0 Å². The third-order valence-corrected chi connectivity index (χ3v) is 2.21. The van der Waals surface area contributed by atoms with Gasteiger partial charge >= 0.3 is 0 Å². The Kier molecular flexibility index (Phi) is 5.10. The van der Waals surface area contributed by atoms with Crippen LogP contribution in [-0.2, 0) is 4.43 Å². The van der Waals surface area contributed by atoms with Crippen LogP contribution in [0.15, 0.2) is 0 Å². The van der Waals surface area contributed by atoms with Crippen LogP contribution in [0.5, 0.6) is 0 Å². The minimum atomic E-state index is -0.760. The van der Waals surface area contributed by atoms with Crippen molar-refractivity contribution in [2.24, 2.45) is 0 Å². The van der Waals surface area contributed by atoms with Gasteiger partial charge in [0.1, 0.15) is 0 Å². The largest absolute Gasteiger partial charge is 0.418 e. The SMILES string of the molecule is CCCC(C)O[SiH](C)C. The van der Waals surface area contributed by atoms with Crippen molar-refractivity contribution in [3.05, 3.63) is 0 Å². The van der Waals surface area contributed by atoms with Crippen LogP contribution in [0.25, 0.3) is 0 Å². The van der Waals surface area contributed by atoms with Gasteiger partial charge in [0.2, 0.25) is 0 Å². The molecule has 0 aromatic carbocycles. The normalized spacial score (nSPS) is 14.3. The van der Waals surface area contributed by atoms with E-state index in [-0.39, 0.29) is 0 Å². The van der Waals surface area contributed by atoms with Crippen LogP contribution in [0.2, 0.25) is 13.1 Å². The average molecular weight is 146 g/mol. The molecule has 0 aliphatic rings. The Morgan fingerprint density at radius 2 is 2.00 bits per heavy atom. The lowest BCUT2D eigenvalue weighted by Crippen LogP contribution is -2.16. The van der Waals surface area contributed by atoms with Crippen molar-refractivity contribution in [3.8, 4) is 0 Å². The van der Waals surface area contributed by atoms with Crippen LogP contribution in [0.4, 0.5) is 0 Å². The molecule has 1 unspecified atom stereocenters. The van der Waals surface area contributed by atoms with Crippen LogP contribution < -0.4 is 0 Å². The predicted molar refractivity (Wildman–Crippen MR) is 44.3 cm³/mol. The van der Waals surface area contributed by atoms with E-state index in [2.05, 4.69) is 26.9 Å². The zero-order chi connectivity index (χ0) is 7.28. The van der Waals surface area contributed by atoms with Gasteiger partial charge in [-0.3, -0.25) is 0 Å². The second-order valence-electron chi connectivity index (χ2n) is 2.78. The first kappa shape index (κ1) is 9.18. The molecule has 0 radical (unpaired) electrons. The molecular formula is C7H18OSi. The summed E-state index contributed by atoms with van der Waals surface area (Å²) in [6, 6.07) is 0. The molecule has 0 aliphatic carbocycles. The lowest BCUT2D eigenvalue weighted by atomic mass is 10.2. The Morgan fingerprint density at radius 3 is 2.33 bits per heavy atom. The predicted octanol–water partition coefficient (Wildman–Crippen LogP) is 2.17. The summed E-state index contributed by atoms with van der Waals surface area (Å²) in [7, 11) is -0.760. The summed E-state index contributed by atoms with van der Waals surface area (Å²) >= 11 is 0. The molecule has 1 atom stereocenters. The van der Waals surface area contributed by atoms with Crippen LogP contribution in [0.3, 0.4) is 0 Å². The Hall–Kier alpha value is 0.177. The summed E-state index contributed by atoms with van der Waals surface area (Å²) < 4.78 is 5.63. The molecule has 2 heteroatoms. The third-order valence-electron chi connectivity index (χ3n) is 1.20. The average Bonchev–Trinajstić information content (AvgIpc) is 1.63. The molecule has 0 saturated heterocycles. The number of hydrogen-bond acceptors (Lipinski definition) is 1. The van der Waals surface area contributed by atoms with Gasteiger partial charge in [0.15, 0.2) is 9.04 Å². The summed E-state index contributed by atoms with van der Waals surface area (Å²) in [4.78, 5) is 0. The summed E-state index contributed by atoms with van der Waals surface area (Å²) in [5.41, 5.74) is 0.